The number of rotatable bonds is 5. The highest BCUT2D eigenvalue weighted by molar-refractivity contribution is 5.88. The predicted octanol–water partition coefficient (Wildman–Crippen LogP) is 4.42. The molecule has 1 amide bonds. The van der Waals surface area contributed by atoms with Crippen molar-refractivity contribution < 1.29 is 14.3 Å². The first-order valence-corrected chi connectivity index (χ1v) is 12.0. The summed E-state index contributed by atoms with van der Waals surface area (Å²) in [7, 11) is 3.86. The maximum Gasteiger partial charge on any atom is 0.226 e. The number of benzene rings is 1. The number of ether oxygens (including phenoxy) is 1. The van der Waals surface area contributed by atoms with Crippen molar-refractivity contribution in [2.75, 3.05) is 13.7 Å². The number of aldehydes is 1. The lowest BCUT2D eigenvalue weighted by molar-refractivity contribution is -0.151. The van der Waals surface area contributed by atoms with Gasteiger partial charge in [0.05, 0.1) is 6.04 Å². The Morgan fingerprint density at radius 3 is 2.71 bits per heavy atom. The van der Waals surface area contributed by atoms with Gasteiger partial charge in [0.1, 0.15) is 6.29 Å². The monoisotopic (exact) mass is 422 g/mol. The fourth-order valence-corrected chi connectivity index (χ4v) is 6.76. The van der Waals surface area contributed by atoms with E-state index in [9.17, 15) is 9.59 Å². The van der Waals surface area contributed by atoms with Crippen LogP contribution in [-0.2, 0) is 27.8 Å². The third-order valence-corrected chi connectivity index (χ3v) is 8.26. The third kappa shape index (κ3) is 3.32. The molecule has 3 aliphatic rings. The number of hydrogen-bond donors (Lipinski definition) is 0. The average molecular weight is 423 g/mol. The molecule has 5 nitrogen and oxygen atoms in total. The van der Waals surface area contributed by atoms with Crippen molar-refractivity contribution >= 4 is 23.1 Å². The van der Waals surface area contributed by atoms with Gasteiger partial charge in [-0.1, -0.05) is 37.5 Å². The van der Waals surface area contributed by atoms with Crippen molar-refractivity contribution in [3.63, 3.8) is 0 Å². The van der Waals surface area contributed by atoms with E-state index in [1.54, 1.807) is 7.11 Å². The molecular formula is C26H34N2O3. The largest absolute Gasteiger partial charge is 0.385 e. The molecule has 4 atom stereocenters. The molecule has 2 fully saturated rings. The summed E-state index contributed by atoms with van der Waals surface area (Å²) in [6.45, 7) is 0.660. The fraction of sp³-hybridized carbons (Fsp3) is 0.615. The number of fused-ring (bicyclic) bond motifs is 6. The average Bonchev–Trinajstić information content (AvgIpc) is 3.09. The molecule has 1 aromatic carbocycles. The molecule has 0 spiro atoms. The summed E-state index contributed by atoms with van der Waals surface area (Å²) in [5.74, 6) is 0.556. The van der Waals surface area contributed by atoms with Gasteiger partial charge < -0.3 is 19.0 Å². The van der Waals surface area contributed by atoms with Crippen LogP contribution in [0.15, 0.2) is 24.3 Å². The summed E-state index contributed by atoms with van der Waals surface area (Å²) in [5, 5.41) is 1.28. The summed E-state index contributed by atoms with van der Waals surface area (Å²) in [4.78, 5) is 28.4. The second kappa shape index (κ2) is 8.42. The van der Waals surface area contributed by atoms with E-state index in [0.717, 1.165) is 51.2 Å². The number of para-hydroxylation sites is 1. The van der Waals surface area contributed by atoms with E-state index in [-0.39, 0.29) is 29.8 Å². The van der Waals surface area contributed by atoms with Gasteiger partial charge in [0, 0.05) is 55.2 Å². The minimum Gasteiger partial charge on any atom is -0.385 e. The van der Waals surface area contributed by atoms with Gasteiger partial charge in [-0.15, -0.1) is 0 Å². The van der Waals surface area contributed by atoms with Crippen LogP contribution >= 0.6 is 0 Å². The zero-order valence-electron chi connectivity index (χ0n) is 18.8. The standard InChI is InChI=1S/C26H34N2O3/c1-27-22-11-7-6-10-19(22)20-15-23-21(16-29)18(12-13-31-2)14-24(25(20)27)28(23)26(30)17-8-4-3-5-9-17/h6-7,10-11,16-18,21,23-24H,3-5,8-9,12-15H2,1-2H3/t18?,21?,23-,24-/m0/s1. The predicted molar refractivity (Wildman–Crippen MR) is 121 cm³/mol. The first-order chi connectivity index (χ1) is 15.2. The Morgan fingerprint density at radius 1 is 1.19 bits per heavy atom. The lowest BCUT2D eigenvalue weighted by Gasteiger charge is -2.53. The molecule has 2 bridgehead atoms. The number of carbonyl (C=O) groups excluding carboxylic acids is 2. The van der Waals surface area contributed by atoms with Crippen LogP contribution in [0.25, 0.3) is 10.9 Å². The fourth-order valence-electron chi connectivity index (χ4n) is 6.76. The first-order valence-electron chi connectivity index (χ1n) is 12.0. The molecule has 0 radical (unpaired) electrons. The quantitative estimate of drug-likeness (QED) is 0.670. The van der Waals surface area contributed by atoms with Gasteiger partial charge in [0.2, 0.25) is 5.91 Å². The highest BCUT2D eigenvalue weighted by atomic mass is 16.5. The molecule has 1 aromatic heterocycles. The van der Waals surface area contributed by atoms with E-state index in [1.807, 2.05) is 0 Å². The minimum atomic E-state index is -0.119. The normalized spacial score (nSPS) is 28.5. The molecule has 3 heterocycles. The molecule has 31 heavy (non-hydrogen) atoms. The Hall–Kier alpha value is -2.14. The van der Waals surface area contributed by atoms with E-state index in [1.165, 1.54) is 28.6 Å². The van der Waals surface area contributed by atoms with Gasteiger partial charge in [-0.25, -0.2) is 0 Å². The van der Waals surface area contributed by atoms with Crippen molar-refractivity contribution in [2.45, 2.75) is 63.5 Å². The molecule has 5 rings (SSSR count). The van der Waals surface area contributed by atoms with Gasteiger partial charge in [-0.3, -0.25) is 4.79 Å². The molecule has 5 heteroatoms. The molecule has 0 N–H and O–H groups in total. The van der Waals surface area contributed by atoms with Crippen LogP contribution in [-0.4, -0.2) is 41.4 Å². The topological polar surface area (TPSA) is 51.5 Å². The van der Waals surface area contributed by atoms with Crippen LogP contribution in [0.1, 0.15) is 62.2 Å². The number of hydrogen-bond acceptors (Lipinski definition) is 3. The Labute approximate surface area is 184 Å². The van der Waals surface area contributed by atoms with Crippen molar-refractivity contribution in [1.29, 1.82) is 0 Å². The van der Waals surface area contributed by atoms with E-state index in [2.05, 4.69) is 40.8 Å². The minimum absolute atomic E-state index is 0.0363. The van der Waals surface area contributed by atoms with E-state index >= 15 is 0 Å². The lowest BCUT2D eigenvalue weighted by Crippen LogP contribution is -2.58. The van der Waals surface area contributed by atoms with E-state index < -0.39 is 0 Å². The number of amides is 1. The third-order valence-electron chi connectivity index (χ3n) is 8.26. The lowest BCUT2D eigenvalue weighted by atomic mass is 9.69. The van der Waals surface area contributed by atoms with Gasteiger partial charge in [-0.2, -0.15) is 0 Å². The van der Waals surface area contributed by atoms with Crippen molar-refractivity contribution in [3.05, 3.63) is 35.5 Å². The van der Waals surface area contributed by atoms with Crippen molar-refractivity contribution in [2.24, 2.45) is 24.8 Å². The molecular weight excluding hydrogens is 388 g/mol. The summed E-state index contributed by atoms with van der Waals surface area (Å²) in [6.07, 6.45) is 9.15. The number of aryl methyl sites for hydroxylation is 1. The Morgan fingerprint density at radius 2 is 1.97 bits per heavy atom. The maximum atomic E-state index is 13.9. The molecule has 1 saturated heterocycles. The second-order valence-corrected chi connectivity index (χ2v) is 9.80. The van der Waals surface area contributed by atoms with Crippen LogP contribution in [0.5, 0.6) is 0 Å². The van der Waals surface area contributed by atoms with Gasteiger partial charge >= 0.3 is 0 Å². The van der Waals surface area contributed by atoms with E-state index in [4.69, 9.17) is 4.74 Å². The molecule has 1 aliphatic carbocycles. The number of carbonyl (C=O) groups is 2. The van der Waals surface area contributed by atoms with Gasteiger partial charge in [0.25, 0.3) is 0 Å². The Balaban J connectivity index is 1.61. The zero-order chi connectivity index (χ0) is 21.5. The number of nitrogens with zero attached hydrogens (tertiary/aromatic N) is 2. The van der Waals surface area contributed by atoms with Crippen LogP contribution < -0.4 is 0 Å². The maximum absolute atomic E-state index is 13.9. The van der Waals surface area contributed by atoms with Crippen molar-refractivity contribution in [3.8, 4) is 0 Å². The first kappa shape index (κ1) is 20.7. The summed E-state index contributed by atoms with van der Waals surface area (Å²) >= 11 is 0. The van der Waals surface area contributed by atoms with Crippen LogP contribution in [0.2, 0.25) is 0 Å². The number of methoxy groups -OCH3 is 1. The molecule has 2 aliphatic heterocycles. The van der Waals surface area contributed by atoms with Crippen LogP contribution in [0.4, 0.5) is 0 Å². The second-order valence-electron chi connectivity index (χ2n) is 9.80. The SMILES string of the molecule is COCCC1C[C@H]2c3c(c4ccccc4n3C)C[C@@H](C1C=O)N2C(=O)C1CCCCC1. The number of piperidine rings is 1. The van der Waals surface area contributed by atoms with Gasteiger partial charge in [-0.05, 0) is 49.7 Å². The molecule has 166 valence electrons. The molecule has 1 saturated carbocycles. The smallest absolute Gasteiger partial charge is 0.226 e. The molecule has 2 unspecified atom stereocenters. The van der Waals surface area contributed by atoms with Crippen LogP contribution in [0, 0.1) is 17.8 Å². The summed E-state index contributed by atoms with van der Waals surface area (Å²) < 4.78 is 7.68. The number of aromatic nitrogens is 1. The van der Waals surface area contributed by atoms with Crippen molar-refractivity contribution in [1.82, 2.24) is 9.47 Å². The van der Waals surface area contributed by atoms with E-state index in [0.29, 0.717) is 12.5 Å². The Kier molecular flexibility index (Phi) is 5.63. The molecule has 2 aromatic rings. The summed E-state index contributed by atoms with van der Waals surface area (Å²) in [6, 6.07) is 8.56. The van der Waals surface area contributed by atoms with Gasteiger partial charge in [0.15, 0.2) is 0 Å². The highest BCUT2D eigenvalue weighted by Gasteiger charge is 2.51. The zero-order valence-corrected chi connectivity index (χ0v) is 18.8. The van der Waals surface area contributed by atoms with Crippen LogP contribution in [0.3, 0.4) is 0 Å². The summed E-state index contributed by atoms with van der Waals surface area (Å²) in [5.41, 5.74) is 3.85. The Bertz CT molecular complexity index is 974. The highest BCUT2D eigenvalue weighted by Crippen LogP contribution is 2.50.